The minimum Gasteiger partial charge on any atom is -0.359 e. The highest BCUT2D eigenvalue weighted by Gasteiger charge is 2.41. The lowest BCUT2D eigenvalue weighted by Gasteiger charge is -2.10. The number of hydrogen-bond acceptors (Lipinski definition) is 4. The Labute approximate surface area is 137 Å². The largest absolute Gasteiger partial charge is 0.359 e. The molecule has 0 spiro atoms. The summed E-state index contributed by atoms with van der Waals surface area (Å²) in [6, 6.07) is 3.88. The zero-order valence-electron chi connectivity index (χ0n) is 10.8. The van der Waals surface area contributed by atoms with Gasteiger partial charge in [0.1, 0.15) is 0 Å². The van der Waals surface area contributed by atoms with E-state index in [1.807, 2.05) is 12.1 Å². The van der Waals surface area contributed by atoms with Gasteiger partial charge in [0.05, 0.1) is 10.7 Å². The monoisotopic (exact) mass is 339 g/mol. The number of anilines is 1. The molecule has 8 heteroatoms. The van der Waals surface area contributed by atoms with Gasteiger partial charge in [0, 0.05) is 30.6 Å². The number of nitrogens with one attached hydrogen (secondary N) is 2. The van der Waals surface area contributed by atoms with Gasteiger partial charge < -0.3 is 10.6 Å². The van der Waals surface area contributed by atoms with Crippen molar-refractivity contribution < 1.29 is 0 Å². The summed E-state index contributed by atoms with van der Waals surface area (Å²) in [6.45, 7) is 0. The molecule has 2 aromatic heterocycles. The van der Waals surface area contributed by atoms with Gasteiger partial charge in [-0.3, -0.25) is 4.98 Å². The summed E-state index contributed by atoms with van der Waals surface area (Å²) in [7, 11) is 0. The van der Waals surface area contributed by atoms with E-state index in [1.54, 1.807) is 12.4 Å². The number of rotatable bonds is 3. The third kappa shape index (κ3) is 3.40. The SMILES string of the molecule is S=C(Nc1nccnc1Cl)NC1CC1c1ncccc1Cl. The first-order valence-electron chi connectivity index (χ1n) is 6.29. The van der Waals surface area contributed by atoms with E-state index in [0.29, 0.717) is 16.0 Å². The van der Waals surface area contributed by atoms with Gasteiger partial charge in [0.15, 0.2) is 16.1 Å². The molecule has 21 heavy (non-hydrogen) atoms. The van der Waals surface area contributed by atoms with Gasteiger partial charge in [-0.05, 0) is 30.8 Å². The average molecular weight is 340 g/mol. The molecule has 2 heterocycles. The predicted molar refractivity (Wildman–Crippen MR) is 86.8 cm³/mol. The predicted octanol–water partition coefficient (Wildman–Crippen LogP) is 3.02. The minimum absolute atomic E-state index is 0.216. The summed E-state index contributed by atoms with van der Waals surface area (Å²) in [6.07, 6.45) is 5.74. The molecule has 0 amide bonds. The van der Waals surface area contributed by atoms with Crippen LogP contribution >= 0.6 is 35.4 Å². The van der Waals surface area contributed by atoms with Crippen molar-refractivity contribution in [2.75, 3.05) is 5.32 Å². The number of thiocarbonyl (C=S) groups is 1. The van der Waals surface area contributed by atoms with E-state index >= 15 is 0 Å². The molecular weight excluding hydrogens is 329 g/mol. The van der Waals surface area contributed by atoms with Gasteiger partial charge in [-0.25, -0.2) is 9.97 Å². The summed E-state index contributed by atoms with van der Waals surface area (Å²) in [5, 5.41) is 7.55. The molecule has 1 saturated carbocycles. The molecule has 2 atom stereocenters. The van der Waals surface area contributed by atoms with E-state index in [0.717, 1.165) is 12.1 Å². The molecule has 0 aromatic carbocycles. The maximum absolute atomic E-state index is 6.14. The van der Waals surface area contributed by atoms with Crippen LogP contribution in [-0.4, -0.2) is 26.1 Å². The molecule has 0 saturated heterocycles. The summed E-state index contributed by atoms with van der Waals surface area (Å²) in [5.74, 6) is 0.709. The van der Waals surface area contributed by atoms with Crippen LogP contribution in [0.5, 0.6) is 0 Å². The van der Waals surface area contributed by atoms with Gasteiger partial charge in [0.25, 0.3) is 0 Å². The normalized spacial score (nSPS) is 19.9. The van der Waals surface area contributed by atoms with Crippen LogP contribution in [0.1, 0.15) is 18.0 Å². The Bertz CT molecular complexity index is 681. The first-order valence-corrected chi connectivity index (χ1v) is 7.46. The second-order valence-corrected chi connectivity index (χ2v) is 5.79. The maximum Gasteiger partial charge on any atom is 0.172 e. The highest BCUT2D eigenvalue weighted by atomic mass is 35.5. The molecule has 0 aliphatic heterocycles. The van der Waals surface area contributed by atoms with Crippen molar-refractivity contribution in [3.05, 3.63) is 46.6 Å². The molecule has 1 aliphatic carbocycles. The molecule has 108 valence electrons. The van der Waals surface area contributed by atoms with Crippen molar-refractivity contribution in [3.8, 4) is 0 Å². The van der Waals surface area contributed by atoms with Crippen LogP contribution in [0.25, 0.3) is 0 Å². The summed E-state index contributed by atoms with van der Waals surface area (Å²) in [4.78, 5) is 12.3. The molecule has 2 N–H and O–H groups in total. The highest BCUT2D eigenvalue weighted by molar-refractivity contribution is 7.80. The van der Waals surface area contributed by atoms with E-state index in [1.165, 1.54) is 6.20 Å². The van der Waals surface area contributed by atoms with E-state index in [9.17, 15) is 0 Å². The third-order valence-electron chi connectivity index (χ3n) is 3.13. The molecule has 1 aliphatic rings. The second kappa shape index (κ2) is 6.09. The van der Waals surface area contributed by atoms with Gasteiger partial charge in [-0.1, -0.05) is 23.2 Å². The van der Waals surface area contributed by atoms with Crippen LogP contribution in [0.2, 0.25) is 10.2 Å². The third-order valence-corrected chi connectivity index (χ3v) is 3.95. The van der Waals surface area contributed by atoms with E-state index in [2.05, 4.69) is 25.6 Å². The quantitative estimate of drug-likeness (QED) is 0.838. The molecule has 2 unspecified atom stereocenters. The molecular formula is C13H11Cl2N5S. The molecule has 1 fully saturated rings. The lowest BCUT2D eigenvalue weighted by Crippen LogP contribution is -2.31. The van der Waals surface area contributed by atoms with Crippen LogP contribution in [0.3, 0.4) is 0 Å². The number of aromatic nitrogens is 3. The molecule has 0 radical (unpaired) electrons. The Morgan fingerprint density at radius 1 is 1.19 bits per heavy atom. The van der Waals surface area contributed by atoms with Crippen LogP contribution in [-0.2, 0) is 0 Å². The average Bonchev–Trinajstić information content (AvgIpc) is 3.21. The fourth-order valence-corrected chi connectivity index (χ4v) is 2.71. The fourth-order valence-electron chi connectivity index (χ4n) is 2.04. The number of halogens is 2. The molecule has 3 rings (SSSR count). The summed E-state index contributed by atoms with van der Waals surface area (Å²) < 4.78 is 0. The standard InChI is InChI=1S/C13H11Cl2N5S/c14-8-2-1-3-16-10(8)7-6-9(7)19-13(21)20-12-11(15)17-4-5-18-12/h1-5,7,9H,6H2,(H2,18,19,20,21). The summed E-state index contributed by atoms with van der Waals surface area (Å²) >= 11 is 17.3. The number of pyridine rings is 1. The molecule has 2 aromatic rings. The smallest absolute Gasteiger partial charge is 0.172 e. The Morgan fingerprint density at radius 3 is 2.76 bits per heavy atom. The first-order chi connectivity index (χ1) is 10.1. The van der Waals surface area contributed by atoms with Gasteiger partial charge in [0.2, 0.25) is 0 Å². The van der Waals surface area contributed by atoms with Gasteiger partial charge >= 0.3 is 0 Å². The van der Waals surface area contributed by atoms with Crippen LogP contribution in [0.15, 0.2) is 30.7 Å². The Balaban J connectivity index is 1.58. The van der Waals surface area contributed by atoms with Crippen molar-refractivity contribution in [3.63, 3.8) is 0 Å². The van der Waals surface area contributed by atoms with Crippen molar-refractivity contribution in [2.24, 2.45) is 0 Å². The second-order valence-electron chi connectivity index (χ2n) is 4.61. The van der Waals surface area contributed by atoms with E-state index < -0.39 is 0 Å². The minimum atomic E-state index is 0.216. The van der Waals surface area contributed by atoms with Crippen molar-refractivity contribution >= 4 is 46.4 Å². The Morgan fingerprint density at radius 2 is 2.00 bits per heavy atom. The van der Waals surface area contributed by atoms with Crippen molar-refractivity contribution in [1.29, 1.82) is 0 Å². The lowest BCUT2D eigenvalue weighted by molar-refractivity contribution is 0.858. The summed E-state index contributed by atoms with van der Waals surface area (Å²) in [5.41, 5.74) is 0.900. The van der Waals surface area contributed by atoms with Gasteiger partial charge in [-0.2, -0.15) is 0 Å². The number of hydrogen-bond donors (Lipinski definition) is 2. The van der Waals surface area contributed by atoms with Crippen molar-refractivity contribution in [2.45, 2.75) is 18.4 Å². The first kappa shape index (κ1) is 14.4. The molecule has 0 bridgehead atoms. The Hall–Kier alpha value is -1.50. The maximum atomic E-state index is 6.14. The topological polar surface area (TPSA) is 62.7 Å². The lowest BCUT2D eigenvalue weighted by atomic mass is 10.2. The van der Waals surface area contributed by atoms with Crippen LogP contribution < -0.4 is 10.6 Å². The number of nitrogens with zero attached hydrogens (tertiary/aromatic N) is 3. The van der Waals surface area contributed by atoms with Crippen molar-refractivity contribution in [1.82, 2.24) is 20.3 Å². The van der Waals surface area contributed by atoms with E-state index in [-0.39, 0.29) is 17.1 Å². The fraction of sp³-hybridized carbons (Fsp3) is 0.231. The Kier molecular flexibility index (Phi) is 4.19. The van der Waals surface area contributed by atoms with Gasteiger partial charge in [-0.15, -0.1) is 0 Å². The van der Waals surface area contributed by atoms with Crippen LogP contribution in [0, 0.1) is 0 Å². The van der Waals surface area contributed by atoms with E-state index in [4.69, 9.17) is 35.4 Å². The molecule has 5 nitrogen and oxygen atoms in total. The highest BCUT2D eigenvalue weighted by Crippen LogP contribution is 2.42. The zero-order valence-corrected chi connectivity index (χ0v) is 13.1. The van der Waals surface area contributed by atoms with Crippen LogP contribution in [0.4, 0.5) is 5.82 Å². The zero-order chi connectivity index (χ0) is 14.8.